The normalized spacial score (nSPS) is 24.7. The molecule has 0 spiro atoms. The van der Waals surface area contributed by atoms with E-state index in [1.54, 1.807) is 0 Å². The van der Waals surface area contributed by atoms with Crippen LogP contribution >= 0.6 is 11.6 Å². The zero-order valence-electron chi connectivity index (χ0n) is 9.64. The Hall–Kier alpha value is -0.0551. The third kappa shape index (κ3) is 3.20. The van der Waals surface area contributed by atoms with Gasteiger partial charge in [0, 0.05) is 0 Å². The Kier molecular flexibility index (Phi) is 3.85. The maximum atomic E-state index is 12.2. The summed E-state index contributed by atoms with van der Waals surface area (Å²) in [7, 11) is -0.276. The fourth-order valence-electron chi connectivity index (χ4n) is 1.41. The van der Waals surface area contributed by atoms with Crippen LogP contribution in [0.1, 0.15) is 34.1 Å². The van der Waals surface area contributed by atoms with Gasteiger partial charge in [-0.2, -0.15) is 4.39 Å². The van der Waals surface area contributed by atoms with Gasteiger partial charge in [0.1, 0.15) is 0 Å². The van der Waals surface area contributed by atoms with Crippen molar-refractivity contribution in [1.29, 1.82) is 0 Å². The lowest BCUT2D eigenvalue weighted by Gasteiger charge is -2.32. The highest BCUT2D eigenvalue weighted by Crippen LogP contribution is 2.37. The van der Waals surface area contributed by atoms with Crippen molar-refractivity contribution in [3.63, 3.8) is 0 Å². The molecule has 1 saturated heterocycles. The van der Waals surface area contributed by atoms with Gasteiger partial charge in [0.2, 0.25) is 0 Å². The maximum absolute atomic E-state index is 12.2. The Morgan fingerprint density at radius 3 is 2.13 bits per heavy atom. The molecular weight excluding hydrogens is 217 g/mol. The van der Waals surface area contributed by atoms with E-state index >= 15 is 0 Å². The third-order valence-electron chi connectivity index (χ3n) is 3.00. The van der Waals surface area contributed by atoms with Gasteiger partial charge in [-0.1, -0.05) is 11.6 Å². The molecule has 0 radical (unpaired) electrons. The number of rotatable bonds is 3. The molecule has 0 aliphatic carbocycles. The number of hydrogen-bond acceptors (Lipinski definition) is 2. The molecule has 1 heterocycles. The summed E-state index contributed by atoms with van der Waals surface area (Å²) in [5.74, 6) is 0. The van der Waals surface area contributed by atoms with Gasteiger partial charge in [0.25, 0.3) is 0 Å². The minimum Gasteiger partial charge on any atom is -0.403 e. The molecule has 0 saturated carbocycles. The first kappa shape index (κ1) is 13.0. The van der Waals surface area contributed by atoms with E-state index < -0.39 is 5.29 Å². The van der Waals surface area contributed by atoms with Crippen LogP contribution in [0.25, 0.3) is 0 Å². The van der Waals surface area contributed by atoms with E-state index in [0.717, 1.165) is 0 Å². The molecule has 0 aromatic heterocycles. The van der Waals surface area contributed by atoms with E-state index in [2.05, 4.69) is 0 Å². The monoisotopic (exact) mass is 234 g/mol. The summed E-state index contributed by atoms with van der Waals surface area (Å²) < 4.78 is 23.7. The molecule has 0 unspecified atom stereocenters. The van der Waals surface area contributed by atoms with E-state index in [1.165, 1.54) is 6.08 Å². The molecule has 5 heteroatoms. The lowest BCUT2D eigenvalue weighted by Crippen LogP contribution is -2.41. The molecular formula is C10H17BClFO2. The minimum atomic E-state index is -0.675. The predicted molar refractivity (Wildman–Crippen MR) is 60.6 cm³/mol. The van der Waals surface area contributed by atoms with Crippen molar-refractivity contribution in [2.75, 3.05) is 0 Å². The highest BCUT2D eigenvalue weighted by atomic mass is 35.5. The molecule has 86 valence electrons. The Bertz CT molecular complexity index is 246. The molecule has 2 nitrogen and oxygen atoms in total. The minimum absolute atomic E-state index is 0.276. The van der Waals surface area contributed by atoms with Gasteiger partial charge in [-0.3, -0.25) is 0 Å². The first-order valence-corrected chi connectivity index (χ1v) is 5.49. The van der Waals surface area contributed by atoms with E-state index in [4.69, 9.17) is 20.9 Å². The van der Waals surface area contributed by atoms with E-state index in [0.29, 0.717) is 12.7 Å². The molecule has 0 N–H and O–H groups in total. The van der Waals surface area contributed by atoms with Gasteiger partial charge in [0.15, 0.2) is 5.29 Å². The van der Waals surface area contributed by atoms with Crippen LogP contribution in [0.3, 0.4) is 0 Å². The fraction of sp³-hybridized carbons (Fsp3) is 0.800. The summed E-state index contributed by atoms with van der Waals surface area (Å²) in [6.45, 7) is 7.96. The van der Waals surface area contributed by atoms with Gasteiger partial charge in [-0.15, -0.1) is 0 Å². The predicted octanol–water partition coefficient (Wildman–Crippen LogP) is 3.52. The molecule has 0 amide bonds. The summed E-state index contributed by atoms with van der Waals surface area (Å²) in [5.41, 5.74) is -0.637. The van der Waals surface area contributed by atoms with E-state index in [-0.39, 0.29) is 18.3 Å². The molecule has 1 aliphatic heterocycles. The lowest BCUT2D eigenvalue weighted by atomic mass is 9.83. The van der Waals surface area contributed by atoms with Crippen molar-refractivity contribution in [2.45, 2.75) is 51.6 Å². The SMILES string of the molecule is CC1(C)OB(CC/C=C(/F)Cl)OC1(C)C. The zero-order valence-corrected chi connectivity index (χ0v) is 10.4. The van der Waals surface area contributed by atoms with Crippen molar-refractivity contribution in [1.82, 2.24) is 0 Å². The molecule has 1 aliphatic rings. The third-order valence-corrected chi connectivity index (χ3v) is 3.16. The van der Waals surface area contributed by atoms with Gasteiger partial charge in [-0.25, -0.2) is 0 Å². The summed E-state index contributed by atoms with van der Waals surface area (Å²) >= 11 is 5.09. The van der Waals surface area contributed by atoms with Crippen LogP contribution in [0, 0.1) is 0 Å². The van der Waals surface area contributed by atoms with Crippen LogP contribution in [0.4, 0.5) is 4.39 Å². The van der Waals surface area contributed by atoms with Crippen LogP contribution in [-0.4, -0.2) is 18.3 Å². The molecule has 1 fully saturated rings. The molecule has 0 bridgehead atoms. The molecule has 15 heavy (non-hydrogen) atoms. The van der Waals surface area contributed by atoms with Crippen LogP contribution in [-0.2, 0) is 9.31 Å². The summed E-state index contributed by atoms with van der Waals surface area (Å²) in [5, 5.41) is -0.675. The summed E-state index contributed by atoms with van der Waals surface area (Å²) in [4.78, 5) is 0. The number of allylic oxidation sites excluding steroid dienone is 1. The Labute approximate surface area is 95.9 Å². The average molecular weight is 235 g/mol. The second kappa shape index (κ2) is 4.44. The first-order valence-electron chi connectivity index (χ1n) is 5.11. The number of hydrogen-bond donors (Lipinski definition) is 0. The standard InChI is InChI=1S/C10H17BClFO2/c1-9(2)10(3,4)15-11(14-9)7-5-6-8(12)13/h6H,5,7H2,1-4H3/b8-6+. The summed E-state index contributed by atoms with van der Waals surface area (Å²) in [6, 6.07) is 0. The van der Waals surface area contributed by atoms with Gasteiger partial charge in [-0.05, 0) is 46.5 Å². The van der Waals surface area contributed by atoms with Crippen LogP contribution < -0.4 is 0 Å². The average Bonchev–Trinajstić information content (AvgIpc) is 2.19. The second-order valence-corrected chi connectivity index (χ2v) is 5.12. The van der Waals surface area contributed by atoms with E-state index in [9.17, 15) is 4.39 Å². The largest absolute Gasteiger partial charge is 0.458 e. The van der Waals surface area contributed by atoms with Gasteiger partial charge >= 0.3 is 7.12 Å². The number of halogens is 2. The second-order valence-electron chi connectivity index (χ2n) is 4.76. The Morgan fingerprint density at radius 1 is 1.27 bits per heavy atom. The highest BCUT2D eigenvalue weighted by molar-refractivity contribution is 6.45. The topological polar surface area (TPSA) is 18.5 Å². The summed E-state index contributed by atoms with van der Waals surface area (Å²) in [6.07, 6.45) is 2.46. The highest BCUT2D eigenvalue weighted by Gasteiger charge is 2.50. The van der Waals surface area contributed by atoms with Gasteiger partial charge < -0.3 is 9.31 Å². The molecule has 0 aromatic carbocycles. The molecule has 0 aromatic rings. The fourth-order valence-corrected chi connectivity index (χ4v) is 1.52. The Morgan fingerprint density at radius 2 is 1.73 bits per heavy atom. The van der Waals surface area contributed by atoms with Crippen LogP contribution in [0.5, 0.6) is 0 Å². The van der Waals surface area contributed by atoms with Crippen molar-refractivity contribution < 1.29 is 13.7 Å². The van der Waals surface area contributed by atoms with Crippen molar-refractivity contribution >= 4 is 18.7 Å². The Balaban J connectivity index is 2.46. The molecule has 1 rings (SSSR count). The van der Waals surface area contributed by atoms with Crippen molar-refractivity contribution in [2.24, 2.45) is 0 Å². The van der Waals surface area contributed by atoms with Crippen LogP contribution in [0.2, 0.25) is 6.32 Å². The first-order chi connectivity index (χ1) is 6.74. The molecule has 0 atom stereocenters. The zero-order chi connectivity index (χ0) is 11.7. The van der Waals surface area contributed by atoms with Crippen molar-refractivity contribution in [3.8, 4) is 0 Å². The van der Waals surface area contributed by atoms with Gasteiger partial charge in [0.05, 0.1) is 11.2 Å². The smallest absolute Gasteiger partial charge is 0.403 e. The van der Waals surface area contributed by atoms with Crippen LogP contribution in [0.15, 0.2) is 11.4 Å². The van der Waals surface area contributed by atoms with E-state index in [1.807, 2.05) is 27.7 Å². The van der Waals surface area contributed by atoms with Crippen molar-refractivity contribution in [3.05, 3.63) is 11.4 Å². The quantitative estimate of drug-likeness (QED) is 0.696. The lowest BCUT2D eigenvalue weighted by molar-refractivity contribution is 0.00578. The maximum Gasteiger partial charge on any atom is 0.458 e.